The molecule has 0 spiro atoms. The van der Waals surface area contributed by atoms with E-state index in [0.717, 1.165) is 28.5 Å². The molecule has 7 heteroatoms. The van der Waals surface area contributed by atoms with Crippen LogP contribution in [0, 0.1) is 0 Å². The number of benzene rings is 1. The zero-order valence-electron chi connectivity index (χ0n) is 12.4. The van der Waals surface area contributed by atoms with Crippen LogP contribution in [-0.2, 0) is 0 Å². The van der Waals surface area contributed by atoms with Crippen LogP contribution in [0.4, 0.5) is 0 Å². The van der Waals surface area contributed by atoms with Crippen LogP contribution in [0.5, 0.6) is 11.5 Å². The third-order valence-corrected chi connectivity index (χ3v) is 3.72. The SMILES string of the molecule is COc1cc(OCCSC)ccc1-c1cn2cncnc2n1. The van der Waals surface area contributed by atoms with Crippen LogP contribution in [0.1, 0.15) is 0 Å². The standard InChI is InChI=1S/C15H16N4O2S/c1-20-14-7-11(21-5-6-22-2)3-4-12(14)13-8-19-10-16-9-17-15(19)18-13/h3-4,7-10H,5-6H2,1-2H3. The second-order valence-corrected chi connectivity index (χ2v) is 5.53. The maximum Gasteiger partial charge on any atom is 0.237 e. The van der Waals surface area contributed by atoms with Crippen LogP contribution >= 0.6 is 11.8 Å². The molecular weight excluding hydrogens is 300 g/mol. The van der Waals surface area contributed by atoms with Crippen molar-refractivity contribution in [3.8, 4) is 22.8 Å². The van der Waals surface area contributed by atoms with Gasteiger partial charge in [-0.3, -0.25) is 4.40 Å². The molecule has 2 aromatic heterocycles. The van der Waals surface area contributed by atoms with Gasteiger partial charge in [0.05, 0.1) is 19.4 Å². The van der Waals surface area contributed by atoms with E-state index >= 15 is 0 Å². The fourth-order valence-corrected chi connectivity index (χ4v) is 2.35. The molecule has 0 atom stereocenters. The monoisotopic (exact) mass is 316 g/mol. The summed E-state index contributed by atoms with van der Waals surface area (Å²) in [5.41, 5.74) is 1.68. The Labute approximate surface area is 132 Å². The third-order valence-electron chi connectivity index (χ3n) is 3.15. The predicted octanol–water partition coefficient (Wildman–Crippen LogP) is 2.54. The molecular formula is C15H16N4O2S. The highest BCUT2D eigenvalue weighted by molar-refractivity contribution is 7.98. The van der Waals surface area contributed by atoms with E-state index in [-0.39, 0.29) is 0 Å². The van der Waals surface area contributed by atoms with Crippen LogP contribution in [-0.4, -0.2) is 45.1 Å². The molecule has 0 saturated carbocycles. The van der Waals surface area contributed by atoms with E-state index < -0.39 is 0 Å². The van der Waals surface area contributed by atoms with Gasteiger partial charge in [-0.15, -0.1) is 0 Å². The van der Waals surface area contributed by atoms with Crippen LogP contribution in [0.25, 0.3) is 17.0 Å². The minimum Gasteiger partial charge on any atom is -0.496 e. The Morgan fingerprint density at radius 2 is 2.23 bits per heavy atom. The first-order chi connectivity index (χ1) is 10.8. The number of fused-ring (bicyclic) bond motifs is 1. The van der Waals surface area contributed by atoms with Gasteiger partial charge in [0.2, 0.25) is 5.78 Å². The van der Waals surface area contributed by atoms with Gasteiger partial charge in [-0.2, -0.15) is 11.8 Å². The van der Waals surface area contributed by atoms with Gasteiger partial charge in [0, 0.05) is 23.6 Å². The van der Waals surface area contributed by atoms with Gasteiger partial charge in [-0.05, 0) is 18.4 Å². The summed E-state index contributed by atoms with van der Waals surface area (Å²) in [6.45, 7) is 0.674. The highest BCUT2D eigenvalue weighted by atomic mass is 32.2. The van der Waals surface area contributed by atoms with Gasteiger partial charge in [-0.1, -0.05) is 0 Å². The fraction of sp³-hybridized carbons (Fsp3) is 0.267. The number of aromatic nitrogens is 4. The predicted molar refractivity (Wildman–Crippen MR) is 86.6 cm³/mol. The quantitative estimate of drug-likeness (QED) is 0.651. The van der Waals surface area contributed by atoms with Crippen molar-refractivity contribution in [1.82, 2.24) is 19.4 Å². The Morgan fingerprint density at radius 3 is 3.00 bits per heavy atom. The molecule has 0 bridgehead atoms. The number of ether oxygens (including phenoxy) is 2. The van der Waals surface area contributed by atoms with Crippen molar-refractivity contribution in [2.75, 3.05) is 25.7 Å². The van der Waals surface area contributed by atoms with Crippen LogP contribution in [0.15, 0.2) is 37.1 Å². The summed E-state index contributed by atoms with van der Waals surface area (Å²) in [7, 11) is 1.64. The van der Waals surface area contributed by atoms with Crippen molar-refractivity contribution in [3.63, 3.8) is 0 Å². The summed E-state index contributed by atoms with van der Waals surface area (Å²) in [5.74, 6) is 3.07. The van der Waals surface area contributed by atoms with E-state index in [1.165, 1.54) is 6.33 Å². The lowest BCUT2D eigenvalue weighted by Crippen LogP contribution is -2.00. The van der Waals surface area contributed by atoms with Crippen LogP contribution in [0.2, 0.25) is 0 Å². The zero-order valence-corrected chi connectivity index (χ0v) is 13.2. The van der Waals surface area contributed by atoms with Crippen LogP contribution in [0.3, 0.4) is 0 Å². The first-order valence-corrected chi connectivity index (χ1v) is 8.16. The molecule has 6 nitrogen and oxygen atoms in total. The van der Waals surface area contributed by atoms with Crippen molar-refractivity contribution >= 4 is 17.5 Å². The van der Waals surface area contributed by atoms with Gasteiger partial charge in [0.15, 0.2) is 0 Å². The van der Waals surface area contributed by atoms with E-state index in [2.05, 4.69) is 21.2 Å². The summed E-state index contributed by atoms with van der Waals surface area (Å²) >= 11 is 1.75. The smallest absolute Gasteiger partial charge is 0.237 e. The van der Waals surface area contributed by atoms with Gasteiger partial charge in [0.1, 0.15) is 24.2 Å². The van der Waals surface area contributed by atoms with E-state index in [1.54, 1.807) is 29.6 Å². The molecule has 3 aromatic rings. The highest BCUT2D eigenvalue weighted by Crippen LogP contribution is 2.32. The van der Waals surface area contributed by atoms with Crippen molar-refractivity contribution in [3.05, 3.63) is 37.1 Å². The molecule has 0 unspecified atom stereocenters. The molecule has 0 aliphatic heterocycles. The Morgan fingerprint density at radius 1 is 1.32 bits per heavy atom. The van der Waals surface area contributed by atoms with E-state index in [9.17, 15) is 0 Å². The molecule has 3 rings (SSSR count). The largest absolute Gasteiger partial charge is 0.496 e. The van der Waals surface area contributed by atoms with Gasteiger partial charge in [0.25, 0.3) is 0 Å². The van der Waals surface area contributed by atoms with Gasteiger partial charge < -0.3 is 9.47 Å². The van der Waals surface area contributed by atoms with E-state index in [1.807, 2.05) is 24.4 Å². The molecule has 0 aliphatic rings. The first kappa shape index (κ1) is 14.6. The van der Waals surface area contributed by atoms with Crippen molar-refractivity contribution in [1.29, 1.82) is 0 Å². The van der Waals surface area contributed by atoms with Gasteiger partial charge in [-0.25, -0.2) is 15.0 Å². The lowest BCUT2D eigenvalue weighted by molar-refractivity contribution is 0.340. The molecule has 0 fully saturated rings. The van der Waals surface area contributed by atoms with E-state index in [0.29, 0.717) is 12.4 Å². The summed E-state index contributed by atoms with van der Waals surface area (Å²) in [6, 6.07) is 5.75. The second kappa shape index (κ2) is 6.65. The number of rotatable bonds is 6. The summed E-state index contributed by atoms with van der Waals surface area (Å²) in [5, 5.41) is 0. The number of methoxy groups -OCH3 is 1. The average Bonchev–Trinajstić information content (AvgIpc) is 2.98. The molecule has 0 amide bonds. The molecule has 1 aromatic carbocycles. The average molecular weight is 316 g/mol. The molecule has 2 heterocycles. The van der Waals surface area contributed by atoms with Crippen molar-refractivity contribution in [2.24, 2.45) is 0 Å². The topological polar surface area (TPSA) is 61.5 Å². The summed E-state index contributed by atoms with van der Waals surface area (Å²) in [6.07, 6.45) is 7.08. The molecule has 0 N–H and O–H groups in total. The number of imidazole rings is 1. The Kier molecular flexibility index (Phi) is 4.43. The Balaban J connectivity index is 1.92. The lowest BCUT2D eigenvalue weighted by atomic mass is 10.1. The maximum atomic E-state index is 5.69. The number of nitrogens with zero attached hydrogens (tertiary/aromatic N) is 4. The van der Waals surface area contributed by atoms with Crippen molar-refractivity contribution < 1.29 is 9.47 Å². The normalized spacial score (nSPS) is 10.8. The number of hydrogen-bond acceptors (Lipinski definition) is 6. The summed E-state index contributed by atoms with van der Waals surface area (Å²) < 4.78 is 12.9. The Hall–Kier alpha value is -2.28. The molecule has 114 valence electrons. The van der Waals surface area contributed by atoms with Gasteiger partial charge >= 0.3 is 0 Å². The molecule has 0 radical (unpaired) electrons. The Bertz CT molecular complexity index is 742. The lowest BCUT2D eigenvalue weighted by Gasteiger charge is -2.10. The summed E-state index contributed by atoms with van der Waals surface area (Å²) in [4.78, 5) is 12.6. The van der Waals surface area contributed by atoms with Crippen molar-refractivity contribution in [2.45, 2.75) is 0 Å². The van der Waals surface area contributed by atoms with E-state index in [4.69, 9.17) is 9.47 Å². The fourth-order valence-electron chi connectivity index (χ4n) is 2.10. The minimum absolute atomic E-state index is 0.604. The third kappa shape index (κ3) is 2.99. The number of hydrogen-bond donors (Lipinski definition) is 0. The maximum absolute atomic E-state index is 5.69. The second-order valence-electron chi connectivity index (χ2n) is 4.55. The molecule has 22 heavy (non-hydrogen) atoms. The highest BCUT2D eigenvalue weighted by Gasteiger charge is 2.12. The minimum atomic E-state index is 0.604. The molecule has 0 saturated heterocycles. The van der Waals surface area contributed by atoms with Crippen LogP contribution < -0.4 is 9.47 Å². The zero-order chi connectivity index (χ0) is 15.4. The number of thioether (sulfide) groups is 1. The molecule has 0 aliphatic carbocycles. The first-order valence-electron chi connectivity index (χ1n) is 6.76.